The Balaban J connectivity index is 1.18. The summed E-state index contributed by atoms with van der Waals surface area (Å²) in [5.41, 5.74) is 3.41. The molecule has 7 heteroatoms. The molecule has 1 aliphatic rings. The fraction of sp³-hybridized carbons (Fsp3) is 0.300. The van der Waals surface area contributed by atoms with Crippen molar-refractivity contribution >= 4 is 11.0 Å². The van der Waals surface area contributed by atoms with Crippen LogP contribution >= 0.6 is 0 Å². The first kappa shape index (κ1) is 24.7. The molecule has 3 aromatic carbocycles. The molecular weight excluding hydrogens is 470 g/mol. The lowest BCUT2D eigenvalue weighted by molar-refractivity contribution is 0.234. The molecule has 0 bridgehead atoms. The predicted octanol–water partition coefficient (Wildman–Crippen LogP) is 5.40. The molecule has 0 saturated heterocycles. The lowest BCUT2D eigenvalue weighted by Gasteiger charge is -2.29. The monoisotopic (exact) mass is 501 g/mol. The van der Waals surface area contributed by atoms with E-state index in [1.165, 1.54) is 23.3 Å². The van der Waals surface area contributed by atoms with Crippen LogP contribution in [0.15, 0.2) is 69.9 Å². The molecule has 4 aromatic rings. The Bertz CT molecular complexity index is 1450. The summed E-state index contributed by atoms with van der Waals surface area (Å²) < 4.78 is 22.8. The number of rotatable bonds is 9. The molecule has 37 heavy (non-hydrogen) atoms. The van der Waals surface area contributed by atoms with Gasteiger partial charge < -0.3 is 23.7 Å². The van der Waals surface area contributed by atoms with E-state index < -0.39 is 0 Å². The smallest absolute Gasteiger partial charge is 0.197 e. The van der Waals surface area contributed by atoms with Gasteiger partial charge in [0.2, 0.25) is 0 Å². The topological polar surface area (TPSA) is 81.4 Å². The number of hydrogen-bond donors (Lipinski definition) is 1. The van der Waals surface area contributed by atoms with Crippen molar-refractivity contribution in [3.63, 3.8) is 0 Å². The molecule has 0 amide bonds. The summed E-state index contributed by atoms with van der Waals surface area (Å²) >= 11 is 0. The molecule has 1 aliphatic heterocycles. The number of hydrogen-bond acceptors (Lipinski definition) is 7. The van der Waals surface area contributed by atoms with Crippen molar-refractivity contribution in [1.29, 1.82) is 0 Å². The highest BCUT2D eigenvalue weighted by atomic mass is 16.5. The van der Waals surface area contributed by atoms with Gasteiger partial charge >= 0.3 is 0 Å². The van der Waals surface area contributed by atoms with Crippen LogP contribution in [-0.4, -0.2) is 43.9 Å². The van der Waals surface area contributed by atoms with Crippen LogP contribution in [0.3, 0.4) is 0 Å². The van der Waals surface area contributed by atoms with Gasteiger partial charge in [-0.1, -0.05) is 30.3 Å². The Hall–Kier alpha value is -3.97. The fourth-order valence-electron chi connectivity index (χ4n) is 4.83. The molecule has 0 atom stereocenters. The van der Waals surface area contributed by atoms with Gasteiger partial charge in [0.25, 0.3) is 0 Å². The largest absolute Gasteiger partial charge is 0.507 e. The Morgan fingerprint density at radius 2 is 1.70 bits per heavy atom. The Labute approximate surface area is 215 Å². The highest BCUT2D eigenvalue weighted by Gasteiger charge is 2.19. The predicted molar refractivity (Wildman–Crippen MR) is 143 cm³/mol. The zero-order valence-corrected chi connectivity index (χ0v) is 21.2. The molecule has 0 unspecified atom stereocenters. The van der Waals surface area contributed by atoms with Crippen molar-refractivity contribution in [2.75, 3.05) is 33.9 Å². The number of unbranched alkanes of at least 4 members (excludes halogenated alkanes) is 1. The van der Waals surface area contributed by atoms with Crippen molar-refractivity contribution in [3.8, 4) is 34.3 Å². The normalized spacial score (nSPS) is 13.4. The van der Waals surface area contributed by atoms with Gasteiger partial charge in [0, 0.05) is 36.9 Å². The maximum atomic E-state index is 12.6. The van der Waals surface area contributed by atoms with Crippen LogP contribution in [0.4, 0.5) is 0 Å². The van der Waals surface area contributed by atoms with Gasteiger partial charge in [0.15, 0.2) is 16.9 Å². The zero-order chi connectivity index (χ0) is 25.8. The average molecular weight is 502 g/mol. The van der Waals surface area contributed by atoms with Gasteiger partial charge in [-0.05, 0) is 49.1 Å². The fourth-order valence-corrected chi connectivity index (χ4v) is 4.83. The molecule has 0 saturated carbocycles. The molecular formula is C30H31NO6. The van der Waals surface area contributed by atoms with Gasteiger partial charge in [-0.25, -0.2) is 0 Å². The summed E-state index contributed by atoms with van der Waals surface area (Å²) in [4.78, 5) is 15.1. The first-order chi connectivity index (χ1) is 18.1. The second-order valence-electron chi connectivity index (χ2n) is 9.21. The lowest BCUT2D eigenvalue weighted by atomic mass is 9.98. The van der Waals surface area contributed by atoms with E-state index in [-0.39, 0.29) is 16.6 Å². The number of methoxy groups -OCH3 is 2. The summed E-state index contributed by atoms with van der Waals surface area (Å²) in [5, 5.41) is 10.6. The molecule has 7 nitrogen and oxygen atoms in total. The molecule has 0 aliphatic carbocycles. The van der Waals surface area contributed by atoms with E-state index in [2.05, 4.69) is 17.0 Å². The third-order valence-corrected chi connectivity index (χ3v) is 6.78. The van der Waals surface area contributed by atoms with Crippen LogP contribution < -0.4 is 19.6 Å². The van der Waals surface area contributed by atoms with E-state index in [0.29, 0.717) is 23.7 Å². The van der Waals surface area contributed by atoms with Crippen LogP contribution in [-0.2, 0) is 13.0 Å². The van der Waals surface area contributed by atoms with Crippen LogP contribution in [0.5, 0.6) is 23.0 Å². The number of aromatic hydroxyl groups is 1. The summed E-state index contributed by atoms with van der Waals surface area (Å²) in [5.74, 6) is 2.34. The van der Waals surface area contributed by atoms with E-state index >= 15 is 0 Å². The Morgan fingerprint density at radius 3 is 2.46 bits per heavy atom. The first-order valence-electron chi connectivity index (χ1n) is 12.5. The molecule has 2 heterocycles. The highest BCUT2D eigenvalue weighted by molar-refractivity contribution is 5.86. The standard InChI is InChI=1S/C30H31NO6/c1-34-27-14-21-10-12-31(19-22(21)15-28(27)35-2)11-6-7-13-36-23-16-24(32)30-25(33)18-26(37-29(30)17-23)20-8-4-3-5-9-20/h3-5,8-9,14-18,32H,6-7,10-13,19H2,1-2H3. The van der Waals surface area contributed by atoms with Crippen LogP contribution in [0.1, 0.15) is 24.0 Å². The zero-order valence-electron chi connectivity index (χ0n) is 21.2. The molecule has 0 fully saturated rings. The van der Waals surface area contributed by atoms with Crippen molar-refractivity contribution < 1.29 is 23.7 Å². The minimum atomic E-state index is -0.289. The highest BCUT2D eigenvalue weighted by Crippen LogP contribution is 2.34. The molecule has 1 aromatic heterocycles. The molecule has 0 spiro atoms. The Morgan fingerprint density at radius 1 is 0.946 bits per heavy atom. The van der Waals surface area contributed by atoms with E-state index in [0.717, 1.165) is 56.0 Å². The molecule has 1 N–H and O–H groups in total. The Kier molecular flexibility index (Phi) is 7.32. The van der Waals surface area contributed by atoms with Crippen molar-refractivity contribution in [1.82, 2.24) is 4.90 Å². The van der Waals surface area contributed by atoms with E-state index in [4.69, 9.17) is 18.6 Å². The molecule has 5 rings (SSSR count). The number of benzene rings is 3. The van der Waals surface area contributed by atoms with E-state index in [1.807, 2.05) is 30.3 Å². The van der Waals surface area contributed by atoms with Gasteiger partial charge in [0.1, 0.15) is 28.2 Å². The third kappa shape index (κ3) is 5.42. The van der Waals surface area contributed by atoms with Gasteiger partial charge in [-0.3, -0.25) is 9.69 Å². The van der Waals surface area contributed by atoms with Gasteiger partial charge in [-0.15, -0.1) is 0 Å². The van der Waals surface area contributed by atoms with E-state index in [9.17, 15) is 9.90 Å². The summed E-state index contributed by atoms with van der Waals surface area (Å²) in [6, 6.07) is 18.1. The van der Waals surface area contributed by atoms with Crippen LogP contribution in [0.2, 0.25) is 0 Å². The van der Waals surface area contributed by atoms with Gasteiger partial charge in [0.05, 0.1) is 20.8 Å². The minimum Gasteiger partial charge on any atom is -0.507 e. The maximum Gasteiger partial charge on any atom is 0.197 e. The third-order valence-electron chi connectivity index (χ3n) is 6.78. The van der Waals surface area contributed by atoms with Gasteiger partial charge in [-0.2, -0.15) is 0 Å². The van der Waals surface area contributed by atoms with Crippen LogP contribution in [0.25, 0.3) is 22.3 Å². The molecule has 192 valence electrons. The van der Waals surface area contributed by atoms with Crippen molar-refractivity contribution in [2.24, 2.45) is 0 Å². The average Bonchev–Trinajstić information content (AvgIpc) is 2.92. The summed E-state index contributed by atoms with van der Waals surface area (Å²) in [7, 11) is 3.33. The second kappa shape index (κ2) is 11.0. The molecule has 0 radical (unpaired) electrons. The number of phenolic OH excluding ortho intramolecular Hbond substituents is 1. The number of phenols is 1. The van der Waals surface area contributed by atoms with Crippen molar-refractivity contribution in [2.45, 2.75) is 25.8 Å². The quantitative estimate of drug-likeness (QED) is 0.308. The first-order valence-corrected chi connectivity index (χ1v) is 12.5. The number of ether oxygens (including phenoxy) is 3. The van der Waals surface area contributed by atoms with Crippen molar-refractivity contribution in [3.05, 3.63) is 82.0 Å². The van der Waals surface area contributed by atoms with E-state index in [1.54, 1.807) is 20.3 Å². The maximum absolute atomic E-state index is 12.6. The lowest BCUT2D eigenvalue weighted by Crippen LogP contribution is -2.31. The summed E-state index contributed by atoms with van der Waals surface area (Å²) in [6.45, 7) is 3.36. The SMILES string of the molecule is COc1cc2c(cc1OC)CN(CCCCOc1cc(O)c3c(=O)cc(-c4ccccc4)oc3c1)CC2. The number of nitrogens with zero attached hydrogens (tertiary/aromatic N) is 1. The second-order valence-corrected chi connectivity index (χ2v) is 9.21. The summed E-state index contributed by atoms with van der Waals surface area (Å²) in [6.07, 6.45) is 2.83. The van der Waals surface area contributed by atoms with Crippen LogP contribution in [0, 0.1) is 0 Å². The minimum absolute atomic E-state index is 0.139. The number of fused-ring (bicyclic) bond motifs is 2.